The number of non-ortho nitro benzene ring substituents is 1. The van der Waals surface area contributed by atoms with E-state index >= 15 is 0 Å². The van der Waals surface area contributed by atoms with Crippen LogP contribution in [0.15, 0.2) is 47.5 Å². The van der Waals surface area contributed by atoms with Crippen molar-refractivity contribution in [2.45, 2.75) is 13.8 Å². The Morgan fingerprint density at radius 2 is 2.05 bits per heavy atom. The summed E-state index contributed by atoms with van der Waals surface area (Å²) in [5.74, 6) is 6.07. The highest BCUT2D eigenvalue weighted by molar-refractivity contribution is 5.80. The first-order valence-corrected chi connectivity index (χ1v) is 6.86. The summed E-state index contributed by atoms with van der Waals surface area (Å²) in [5, 5.41) is 10.7. The minimum atomic E-state index is -0.419. The van der Waals surface area contributed by atoms with Gasteiger partial charge in [0.15, 0.2) is 0 Å². The van der Waals surface area contributed by atoms with Crippen LogP contribution in [0.2, 0.25) is 0 Å². The molecule has 0 aliphatic rings. The molecular weight excluding hydrogens is 276 g/mol. The summed E-state index contributed by atoms with van der Waals surface area (Å²) >= 11 is 0. The largest absolute Gasteiger partial charge is 0.280 e. The van der Waals surface area contributed by atoms with Gasteiger partial charge in [0.1, 0.15) is 6.54 Å². The van der Waals surface area contributed by atoms with Gasteiger partial charge in [-0.3, -0.25) is 15.1 Å². The molecule has 0 bridgehead atoms. The van der Waals surface area contributed by atoms with Gasteiger partial charge < -0.3 is 0 Å². The zero-order chi connectivity index (χ0) is 15.9. The first-order valence-electron chi connectivity index (χ1n) is 6.86. The van der Waals surface area contributed by atoms with Crippen LogP contribution in [0.1, 0.15) is 22.3 Å². The van der Waals surface area contributed by atoms with E-state index in [0.29, 0.717) is 12.1 Å². The van der Waals surface area contributed by atoms with Gasteiger partial charge in [0.2, 0.25) is 0 Å². The standard InChI is InChI=1S/C18H16N2O2/c1-14-8-9-17(15(2)11-14)6-4-10-19-13-16-5-3-7-18(12-16)20(21)22/h3,5,7-9,11-13H,10H2,1-2H3. The lowest BCUT2D eigenvalue weighted by molar-refractivity contribution is -0.384. The number of aryl methyl sites for hydroxylation is 2. The molecule has 0 saturated heterocycles. The van der Waals surface area contributed by atoms with Crippen LogP contribution < -0.4 is 0 Å². The number of aliphatic imine (C=N–C) groups is 1. The van der Waals surface area contributed by atoms with Gasteiger partial charge in [-0.25, -0.2) is 0 Å². The van der Waals surface area contributed by atoms with Crippen LogP contribution in [0.4, 0.5) is 5.69 Å². The molecule has 0 fully saturated rings. The van der Waals surface area contributed by atoms with Gasteiger partial charge >= 0.3 is 0 Å². The first-order chi connectivity index (χ1) is 10.6. The first kappa shape index (κ1) is 15.5. The van der Waals surface area contributed by atoms with E-state index in [1.165, 1.54) is 17.7 Å². The van der Waals surface area contributed by atoms with Crippen molar-refractivity contribution < 1.29 is 4.92 Å². The molecule has 0 aliphatic carbocycles. The van der Waals surface area contributed by atoms with E-state index in [0.717, 1.165) is 11.1 Å². The van der Waals surface area contributed by atoms with Crippen LogP contribution >= 0.6 is 0 Å². The molecule has 2 rings (SSSR count). The lowest BCUT2D eigenvalue weighted by Gasteiger charge is -1.98. The molecule has 0 atom stereocenters. The SMILES string of the molecule is Cc1ccc(C#CCN=Cc2cccc([N+](=O)[O-])c2)c(C)c1. The Balaban J connectivity index is 2.01. The van der Waals surface area contributed by atoms with E-state index in [-0.39, 0.29) is 5.69 Å². The maximum atomic E-state index is 10.7. The monoisotopic (exact) mass is 292 g/mol. The Labute approximate surface area is 129 Å². The summed E-state index contributed by atoms with van der Waals surface area (Å²) in [7, 11) is 0. The number of hydrogen-bond donors (Lipinski definition) is 0. The third kappa shape index (κ3) is 4.29. The van der Waals surface area contributed by atoms with Crippen molar-refractivity contribution >= 4 is 11.9 Å². The third-order valence-electron chi connectivity index (χ3n) is 3.10. The summed E-state index contributed by atoms with van der Waals surface area (Å²) in [6, 6.07) is 12.5. The van der Waals surface area contributed by atoms with Gasteiger partial charge in [0.25, 0.3) is 5.69 Å². The molecule has 4 heteroatoms. The molecule has 0 radical (unpaired) electrons. The number of nitro groups is 1. The molecule has 110 valence electrons. The number of nitrogens with zero attached hydrogens (tertiary/aromatic N) is 2. The average molecular weight is 292 g/mol. The molecule has 0 unspecified atom stereocenters. The molecule has 0 saturated carbocycles. The van der Waals surface area contributed by atoms with Crippen molar-refractivity contribution in [1.82, 2.24) is 0 Å². The van der Waals surface area contributed by atoms with E-state index in [2.05, 4.69) is 22.9 Å². The Morgan fingerprint density at radius 3 is 2.77 bits per heavy atom. The fourth-order valence-electron chi connectivity index (χ4n) is 2.00. The van der Waals surface area contributed by atoms with Crippen molar-refractivity contribution in [3.05, 3.63) is 74.8 Å². The zero-order valence-electron chi connectivity index (χ0n) is 12.5. The average Bonchev–Trinajstić information content (AvgIpc) is 2.49. The fraction of sp³-hybridized carbons (Fsp3) is 0.167. The highest BCUT2D eigenvalue weighted by Crippen LogP contribution is 2.11. The van der Waals surface area contributed by atoms with Crippen LogP contribution in [-0.2, 0) is 0 Å². The topological polar surface area (TPSA) is 55.5 Å². The van der Waals surface area contributed by atoms with Crippen LogP contribution in [0.5, 0.6) is 0 Å². The van der Waals surface area contributed by atoms with Gasteiger partial charge in [-0.05, 0) is 31.0 Å². The maximum Gasteiger partial charge on any atom is 0.270 e. The summed E-state index contributed by atoms with van der Waals surface area (Å²) in [5.41, 5.74) is 4.12. The second kappa shape index (κ2) is 7.19. The molecule has 0 spiro atoms. The second-order valence-electron chi connectivity index (χ2n) is 4.94. The Morgan fingerprint density at radius 1 is 1.23 bits per heavy atom. The number of rotatable bonds is 3. The summed E-state index contributed by atoms with van der Waals surface area (Å²) in [4.78, 5) is 14.4. The molecule has 4 nitrogen and oxygen atoms in total. The Bertz CT molecular complexity index is 783. The minimum absolute atomic E-state index is 0.0605. The highest BCUT2D eigenvalue weighted by Gasteiger charge is 2.03. The number of hydrogen-bond acceptors (Lipinski definition) is 3. The van der Waals surface area contributed by atoms with Crippen LogP contribution in [0.3, 0.4) is 0 Å². The summed E-state index contributed by atoms with van der Waals surface area (Å²) in [6.45, 7) is 4.44. The Hall–Kier alpha value is -2.93. The number of benzene rings is 2. The predicted molar refractivity (Wildman–Crippen MR) is 88.4 cm³/mol. The van der Waals surface area contributed by atoms with E-state index < -0.39 is 4.92 Å². The molecule has 0 heterocycles. The Kier molecular flexibility index (Phi) is 5.05. The van der Waals surface area contributed by atoms with Crippen molar-refractivity contribution in [2.75, 3.05) is 6.54 Å². The molecule has 0 aromatic heterocycles. The molecule has 0 amide bonds. The molecule has 2 aromatic carbocycles. The lowest BCUT2D eigenvalue weighted by atomic mass is 10.1. The van der Waals surface area contributed by atoms with Gasteiger partial charge in [0.05, 0.1) is 4.92 Å². The molecule has 0 aliphatic heterocycles. The summed E-state index contributed by atoms with van der Waals surface area (Å²) < 4.78 is 0. The molecule has 22 heavy (non-hydrogen) atoms. The van der Waals surface area contributed by atoms with Crippen molar-refractivity contribution in [3.8, 4) is 11.8 Å². The van der Waals surface area contributed by atoms with Crippen LogP contribution in [-0.4, -0.2) is 17.7 Å². The molecule has 2 aromatic rings. The maximum absolute atomic E-state index is 10.7. The van der Waals surface area contributed by atoms with Gasteiger partial charge in [-0.2, -0.15) is 0 Å². The zero-order valence-corrected chi connectivity index (χ0v) is 12.5. The lowest BCUT2D eigenvalue weighted by Crippen LogP contribution is -1.90. The third-order valence-corrected chi connectivity index (χ3v) is 3.10. The highest BCUT2D eigenvalue weighted by atomic mass is 16.6. The molecular formula is C18H16N2O2. The van der Waals surface area contributed by atoms with Gasteiger partial charge in [-0.1, -0.05) is 41.7 Å². The van der Waals surface area contributed by atoms with E-state index in [1.54, 1.807) is 18.3 Å². The predicted octanol–water partition coefficient (Wildman–Crippen LogP) is 3.68. The normalized spacial score (nSPS) is 10.3. The van der Waals surface area contributed by atoms with Crippen LogP contribution in [0.25, 0.3) is 0 Å². The van der Waals surface area contributed by atoms with Crippen molar-refractivity contribution in [3.63, 3.8) is 0 Å². The van der Waals surface area contributed by atoms with Crippen molar-refractivity contribution in [2.24, 2.45) is 4.99 Å². The fourth-order valence-corrected chi connectivity index (χ4v) is 2.00. The van der Waals surface area contributed by atoms with E-state index in [1.807, 2.05) is 26.0 Å². The van der Waals surface area contributed by atoms with Gasteiger partial charge in [-0.15, -0.1) is 0 Å². The quantitative estimate of drug-likeness (QED) is 0.375. The second-order valence-corrected chi connectivity index (χ2v) is 4.94. The minimum Gasteiger partial charge on any atom is -0.280 e. The smallest absolute Gasteiger partial charge is 0.270 e. The summed E-state index contributed by atoms with van der Waals surface area (Å²) in [6.07, 6.45) is 1.60. The molecule has 0 N–H and O–H groups in total. The van der Waals surface area contributed by atoms with Gasteiger partial charge in [0, 0.05) is 23.9 Å². The van der Waals surface area contributed by atoms with E-state index in [9.17, 15) is 10.1 Å². The van der Waals surface area contributed by atoms with Crippen molar-refractivity contribution in [1.29, 1.82) is 0 Å². The number of nitro benzene ring substituents is 1. The van der Waals surface area contributed by atoms with Crippen LogP contribution in [0, 0.1) is 35.8 Å². The van der Waals surface area contributed by atoms with E-state index in [4.69, 9.17) is 0 Å².